The summed E-state index contributed by atoms with van der Waals surface area (Å²) in [5.41, 5.74) is 0. The molecule has 1 aliphatic rings. The van der Waals surface area contributed by atoms with Gasteiger partial charge in [-0.15, -0.1) is 0 Å². The van der Waals surface area contributed by atoms with Gasteiger partial charge >= 0.3 is 12.0 Å². The monoisotopic (exact) mass is 258 g/mol. The first kappa shape index (κ1) is 14.8. The molecule has 1 aliphatic heterocycles. The standard InChI is InChI=1S/C12H22N2O4/c1-13(6-3-4-11(15)16)12(17)14-7-5-10(8-14)9-18-2/h10H,3-9H2,1-2H3,(H,15,16). The van der Waals surface area contributed by atoms with Crippen LogP contribution in [0.2, 0.25) is 0 Å². The number of likely N-dealkylation sites (tertiary alicyclic amines) is 1. The van der Waals surface area contributed by atoms with E-state index in [-0.39, 0.29) is 12.5 Å². The van der Waals surface area contributed by atoms with Crippen molar-refractivity contribution < 1.29 is 19.4 Å². The summed E-state index contributed by atoms with van der Waals surface area (Å²) in [5, 5.41) is 8.54. The predicted molar refractivity (Wildman–Crippen MR) is 66.5 cm³/mol. The molecule has 1 fully saturated rings. The van der Waals surface area contributed by atoms with Crippen LogP contribution in [-0.2, 0) is 9.53 Å². The second-order valence-corrected chi connectivity index (χ2v) is 4.76. The summed E-state index contributed by atoms with van der Waals surface area (Å²) in [4.78, 5) is 25.8. The Labute approximate surface area is 107 Å². The van der Waals surface area contributed by atoms with Crippen LogP contribution in [0.15, 0.2) is 0 Å². The van der Waals surface area contributed by atoms with Crippen LogP contribution >= 0.6 is 0 Å². The van der Waals surface area contributed by atoms with Gasteiger partial charge in [-0.05, 0) is 12.8 Å². The molecule has 1 heterocycles. The van der Waals surface area contributed by atoms with E-state index in [0.717, 1.165) is 19.5 Å². The molecule has 0 bridgehead atoms. The van der Waals surface area contributed by atoms with E-state index < -0.39 is 5.97 Å². The van der Waals surface area contributed by atoms with E-state index >= 15 is 0 Å². The number of amides is 2. The third-order valence-electron chi connectivity index (χ3n) is 3.17. The maximum Gasteiger partial charge on any atom is 0.319 e. The third-order valence-corrected chi connectivity index (χ3v) is 3.17. The maximum absolute atomic E-state index is 12.0. The van der Waals surface area contributed by atoms with Gasteiger partial charge in [-0.1, -0.05) is 0 Å². The highest BCUT2D eigenvalue weighted by molar-refractivity contribution is 5.74. The summed E-state index contributed by atoms with van der Waals surface area (Å²) in [6.07, 6.45) is 1.57. The Morgan fingerprint density at radius 2 is 2.22 bits per heavy atom. The number of nitrogens with zero attached hydrogens (tertiary/aromatic N) is 2. The number of aliphatic carboxylic acids is 1. The van der Waals surface area contributed by atoms with Gasteiger partial charge in [0.1, 0.15) is 0 Å². The van der Waals surface area contributed by atoms with Gasteiger partial charge in [-0.2, -0.15) is 0 Å². The van der Waals surface area contributed by atoms with Crippen LogP contribution in [-0.4, -0.2) is 67.3 Å². The largest absolute Gasteiger partial charge is 0.481 e. The number of ether oxygens (including phenoxy) is 1. The summed E-state index contributed by atoms with van der Waals surface area (Å²) >= 11 is 0. The molecule has 0 spiro atoms. The fourth-order valence-electron chi connectivity index (χ4n) is 2.18. The molecule has 6 nitrogen and oxygen atoms in total. The van der Waals surface area contributed by atoms with Gasteiger partial charge in [0.25, 0.3) is 0 Å². The number of carbonyl (C=O) groups is 2. The highest BCUT2D eigenvalue weighted by Gasteiger charge is 2.27. The smallest absolute Gasteiger partial charge is 0.319 e. The molecule has 1 saturated heterocycles. The fraction of sp³-hybridized carbons (Fsp3) is 0.833. The average Bonchev–Trinajstić information content (AvgIpc) is 2.76. The quantitative estimate of drug-likeness (QED) is 0.767. The molecule has 0 aliphatic carbocycles. The Kier molecular flexibility index (Phi) is 5.91. The van der Waals surface area contributed by atoms with Crippen LogP contribution in [0.4, 0.5) is 4.79 Å². The molecular formula is C12H22N2O4. The number of hydrogen-bond acceptors (Lipinski definition) is 3. The van der Waals surface area contributed by atoms with Crippen LogP contribution < -0.4 is 0 Å². The van der Waals surface area contributed by atoms with Crippen molar-refractivity contribution in [2.24, 2.45) is 5.92 Å². The normalized spacial score (nSPS) is 19.0. The van der Waals surface area contributed by atoms with Crippen LogP contribution in [0.3, 0.4) is 0 Å². The zero-order valence-corrected chi connectivity index (χ0v) is 11.1. The van der Waals surface area contributed by atoms with E-state index in [1.807, 2.05) is 4.90 Å². The SMILES string of the molecule is COCC1CCN(C(=O)N(C)CCCC(=O)O)C1. The molecule has 0 aromatic carbocycles. The lowest BCUT2D eigenvalue weighted by atomic mass is 10.1. The highest BCUT2D eigenvalue weighted by Crippen LogP contribution is 2.17. The minimum Gasteiger partial charge on any atom is -0.481 e. The molecule has 0 aromatic rings. The van der Waals surface area contributed by atoms with E-state index in [2.05, 4.69) is 0 Å². The molecule has 0 aromatic heterocycles. The molecular weight excluding hydrogens is 236 g/mol. The van der Waals surface area contributed by atoms with E-state index in [9.17, 15) is 9.59 Å². The lowest BCUT2D eigenvalue weighted by Crippen LogP contribution is -2.40. The molecule has 104 valence electrons. The lowest BCUT2D eigenvalue weighted by Gasteiger charge is -2.24. The zero-order valence-electron chi connectivity index (χ0n) is 11.1. The number of carboxylic acid groups (broad SMARTS) is 1. The molecule has 1 unspecified atom stereocenters. The number of hydrogen-bond donors (Lipinski definition) is 1. The highest BCUT2D eigenvalue weighted by atomic mass is 16.5. The number of methoxy groups -OCH3 is 1. The molecule has 2 amide bonds. The van der Waals surface area contributed by atoms with Gasteiger partial charge < -0.3 is 19.6 Å². The maximum atomic E-state index is 12.0. The van der Waals surface area contributed by atoms with Gasteiger partial charge in [0, 0.05) is 46.1 Å². The summed E-state index contributed by atoms with van der Waals surface area (Å²) in [6, 6.07) is -0.0148. The van der Waals surface area contributed by atoms with Crippen molar-refractivity contribution in [3.8, 4) is 0 Å². The number of carboxylic acids is 1. The summed E-state index contributed by atoms with van der Waals surface area (Å²) < 4.78 is 5.09. The van der Waals surface area contributed by atoms with Crippen molar-refractivity contribution in [3.63, 3.8) is 0 Å². The predicted octanol–water partition coefficient (Wildman–Crippen LogP) is 0.871. The molecule has 1 atom stereocenters. The fourth-order valence-corrected chi connectivity index (χ4v) is 2.18. The average molecular weight is 258 g/mol. The number of carbonyl (C=O) groups excluding carboxylic acids is 1. The number of urea groups is 1. The van der Waals surface area contributed by atoms with Crippen LogP contribution in [0.1, 0.15) is 19.3 Å². The van der Waals surface area contributed by atoms with Crippen LogP contribution in [0, 0.1) is 5.92 Å². The van der Waals surface area contributed by atoms with E-state index in [1.165, 1.54) is 0 Å². The molecule has 18 heavy (non-hydrogen) atoms. The summed E-state index contributed by atoms with van der Waals surface area (Å²) in [5.74, 6) is -0.399. The van der Waals surface area contributed by atoms with E-state index in [0.29, 0.717) is 25.5 Å². The Balaban J connectivity index is 2.29. The summed E-state index contributed by atoms with van der Waals surface area (Å²) in [7, 11) is 3.39. The summed E-state index contributed by atoms with van der Waals surface area (Å²) in [6.45, 7) is 2.66. The molecule has 1 rings (SSSR count). The topological polar surface area (TPSA) is 70.1 Å². The van der Waals surface area contributed by atoms with Gasteiger partial charge in [-0.25, -0.2) is 4.79 Å². The molecule has 0 saturated carbocycles. The van der Waals surface area contributed by atoms with Crippen molar-refractivity contribution >= 4 is 12.0 Å². The van der Waals surface area contributed by atoms with Crippen molar-refractivity contribution in [1.82, 2.24) is 9.80 Å². The minimum atomic E-state index is -0.822. The van der Waals surface area contributed by atoms with Gasteiger partial charge in [-0.3, -0.25) is 4.79 Å². The van der Waals surface area contributed by atoms with Gasteiger partial charge in [0.2, 0.25) is 0 Å². The van der Waals surface area contributed by atoms with Crippen LogP contribution in [0.25, 0.3) is 0 Å². The van der Waals surface area contributed by atoms with Gasteiger partial charge in [0.15, 0.2) is 0 Å². The second-order valence-electron chi connectivity index (χ2n) is 4.76. The van der Waals surface area contributed by atoms with Gasteiger partial charge in [0.05, 0.1) is 6.61 Å². The Hall–Kier alpha value is -1.30. The third kappa shape index (κ3) is 4.52. The lowest BCUT2D eigenvalue weighted by molar-refractivity contribution is -0.137. The first-order valence-corrected chi connectivity index (χ1v) is 6.25. The van der Waals surface area contributed by atoms with Crippen molar-refractivity contribution in [2.75, 3.05) is 40.4 Å². The molecule has 0 radical (unpaired) electrons. The second kappa shape index (κ2) is 7.20. The van der Waals surface area contributed by atoms with E-state index in [1.54, 1.807) is 19.1 Å². The molecule has 6 heteroatoms. The Morgan fingerprint density at radius 1 is 1.50 bits per heavy atom. The Bertz CT molecular complexity index is 296. The van der Waals surface area contributed by atoms with Crippen molar-refractivity contribution in [2.45, 2.75) is 19.3 Å². The van der Waals surface area contributed by atoms with Crippen molar-refractivity contribution in [3.05, 3.63) is 0 Å². The first-order chi connectivity index (χ1) is 8.54. The zero-order chi connectivity index (χ0) is 13.5. The minimum absolute atomic E-state index is 0.0148. The Morgan fingerprint density at radius 3 is 2.83 bits per heavy atom. The van der Waals surface area contributed by atoms with E-state index in [4.69, 9.17) is 9.84 Å². The first-order valence-electron chi connectivity index (χ1n) is 6.25. The molecule has 1 N–H and O–H groups in total. The number of rotatable bonds is 6. The van der Waals surface area contributed by atoms with Crippen molar-refractivity contribution in [1.29, 1.82) is 0 Å². The van der Waals surface area contributed by atoms with Crippen LogP contribution in [0.5, 0.6) is 0 Å².